The largest absolute Gasteiger partial charge is 0.483 e. The Labute approximate surface area is 107 Å². The first-order valence-corrected chi connectivity index (χ1v) is 6.21. The van der Waals surface area contributed by atoms with Crippen LogP contribution in [0.15, 0.2) is 18.2 Å². The van der Waals surface area contributed by atoms with Crippen molar-refractivity contribution < 1.29 is 13.9 Å². The summed E-state index contributed by atoms with van der Waals surface area (Å²) in [4.78, 5) is 11.6. The summed E-state index contributed by atoms with van der Waals surface area (Å²) < 4.78 is 18.3. The first-order chi connectivity index (χ1) is 8.52. The monoisotopic (exact) mass is 253 g/mol. The van der Waals surface area contributed by atoms with Gasteiger partial charge in [-0.2, -0.15) is 0 Å². The van der Waals surface area contributed by atoms with Crippen LogP contribution in [0.2, 0.25) is 0 Å². The number of halogens is 1. The molecule has 0 heterocycles. The standard InChI is InChI=1S/C14H20FNO2/c1-4-5-11(3)16-14(17)9-18-13-8-12(15)7-6-10(13)2/h6-8,11H,4-5,9H2,1-3H3,(H,16,17). The van der Waals surface area contributed by atoms with Gasteiger partial charge in [-0.25, -0.2) is 4.39 Å². The van der Waals surface area contributed by atoms with Gasteiger partial charge in [0.05, 0.1) is 0 Å². The summed E-state index contributed by atoms with van der Waals surface area (Å²) in [5.74, 6) is -0.136. The van der Waals surface area contributed by atoms with Crippen LogP contribution in [-0.2, 0) is 4.79 Å². The van der Waals surface area contributed by atoms with Crippen LogP contribution in [0.25, 0.3) is 0 Å². The number of benzene rings is 1. The number of hydrogen-bond acceptors (Lipinski definition) is 2. The maximum atomic E-state index is 13.0. The van der Waals surface area contributed by atoms with Crippen molar-refractivity contribution in [1.29, 1.82) is 0 Å². The predicted octanol–water partition coefficient (Wildman–Crippen LogP) is 2.82. The Morgan fingerprint density at radius 1 is 1.50 bits per heavy atom. The minimum absolute atomic E-state index is 0.0850. The second-order valence-electron chi connectivity index (χ2n) is 4.46. The number of amides is 1. The highest BCUT2D eigenvalue weighted by atomic mass is 19.1. The number of carbonyl (C=O) groups is 1. The molecule has 1 aromatic rings. The third kappa shape index (κ3) is 4.73. The van der Waals surface area contributed by atoms with Crippen molar-refractivity contribution >= 4 is 5.91 Å². The topological polar surface area (TPSA) is 38.3 Å². The highest BCUT2D eigenvalue weighted by molar-refractivity contribution is 5.77. The number of nitrogens with one attached hydrogen (secondary N) is 1. The van der Waals surface area contributed by atoms with Gasteiger partial charge in [0.15, 0.2) is 6.61 Å². The van der Waals surface area contributed by atoms with Gasteiger partial charge in [-0.15, -0.1) is 0 Å². The first-order valence-electron chi connectivity index (χ1n) is 6.21. The summed E-state index contributed by atoms with van der Waals surface area (Å²) in [6.45, 7) is 5.74. The molecule has 0 fully saturated rings. The lowest BCUT2D eigenvalue weighted by molar-refractivity contribution is -0.123. The second kappa shape index (κ2) is 6.99. The van der Waals surface area contributed by atoms with Crippen molar-refractivity contribution in [2.45, 2.75) is 39.7 Å². The summed E-state index contributed by atoms with van der Waals surface area (Å²) in [6, 6.07) is 4.42. The van der Waals surface area contributed by atoms with E-state index in [1.54, 1.807) is 6.07 Å². The van der Waals surface area contributed by atoms with Crippen molar-refractivity contribution in [1.82, 2.24) is 5.32 Å². The normalized spacial score (nSPS) is 12.0. The first kappa shape index (κ1) is 14.5. The van der Waals surface area contributed by atoms with Gasteiger partial charge in [-0.1, -0.05) is 19.4 Å². The lowest BCUT2D eigenvalue weighted by atomic mass is 10.2. The molecule has 0 aliphatic rings. The molecule has 3 nitrogen and oxygen atoms in total. The van der Waals surface area contributed by atoms with Crippen LogP contribution in [0.1, 0.15) is 32.3 Å². The van der Waals surface area contributed by atoms with Gasteiger partial charge < -0.3 is 10.1 Å². The summed E-state index contributed by atoms with van der Waals surface area (Å²) in [6.07, 6.45) is 1.95. The quantitative estimate of drug-likeness (QED) is 0.846. The zero-order valence-corrected chi connectivity index (χ0v) is 11.1. The molecule has 0 radical (unpaired) electrons. The van der Waals surface area contributed by atoms with E-state index < -0.39 is 0 Å². The highest BCUT2D eigenvalue weighted by Gasteiger charge is 2.08. The molecule has 18 heavy (non-hydrogen) atoms. The zero-order valence-electron chi connectivity index (χ0n) is 11.1. The van der Waals surface area contributed by atoms with Crippen molar-refractivity contribution in [2.75, 3.05) is 6.61 Å². The van der Waals surface area contributed by atoms with E-state index in [0.29, 0.717) is 5.75 Å². The molecule has 1 N–H and O–H groups in total. The molecule has 1 atom stereocenters. The fraction of sp³-hybridized carbons (Fsp3) is 0.500. The molecule has 1 rings (SSSR count). The van der Waals surface area contributed by atoms with Crippen LogP contribution in [0.4, 0.5) is 4.39 Å². The number of ether oxygens (including phenoxy) is 1. The Morgan fingerprint density at radius 3 is 2.89 bits per heavy atom. The van der Waals surface area contributed by atoms with Crippen molar-refractivity contribution in [2.24, 2.45) is 0 Å². The molecule has 0 bridgehead atoms. The summed E-state index contributed by atoms with van der Waals surface area (Å²) in [5, 5.41) is 2.83. The molecule has 0 spiro atoms. The smallest absolute Gasteiger partial charge is 0.258 e. The number of rotatable bonds is 6. The van der Waals surface area contributed by atoms with E-state index in [1.165, 1.54) is 12.1 Å². The van der Waals surface area contributed by atoms with Crippen LogP contribution in [0.3, 0.4) is 0 Å². The molecule has 0 saturated heterocycles. The van der Waals surface area contributed by atoms with Gasteiger partial charge >= 0.3 is 0 Å². The lowest BCUT2D eigenvalue weighted by Crippen LogP contribution is -2.36. The molecular weight excluding hydrogens is 233 g/mol. The highest BCUT2D eigenvalue weighted by Crippen LogP contribution is 2.18. The van der Waals surface area contributed by atoms with Crippen molar-refractivity contribution in [3.63, 3.8) is 0 Å². The lowest BCUT2D eigenvalue weighted by Gasteiger charge is -2.14. The molecular formula is C14H20FNO2. The van der Waals surface area contributed by atoms with Crippen LogP contribution < -0.4 is 10.1 Å². The van der Waals surface area contributed by atoms with Gasteiger partial charge in [0.2, 0.25) is 0 Å². The van der Waals surface area contributed by atoms with Gasteiger partial charge in [0.25, 0.3) is 5.91 Å². The summed E-state index contributed by atoms with van der Waals surface area (Å²) in [5.41, 5.74) is 0.811. The van der Waals surface area contributed by atoms with Gasteiger partial charge in [-0.05, 0) is 31.9 Å². The van der Waals surface area contributed by atoms with Crippen LogP contribution in [-0.4, -0.2) is 18.6 Å². The van der Waals surface area contributed by atoms with Gasteiger partial charge in [0, 0.05) is 12.1 Å². The van der Waals surface area contributed by atoms with Crippen LogP contribution in [0, 0.1) is 12.7 Å². The Hall–Kier alpha value is -1.58. The van der Waals surface area contributed by atoms with E-state index in [4.69, 9.17) is 4.74 Å². The van der Waals surface area contributed by atoms with E-state index >= 15 is 0 Å². The fourth-order valence-electron chi connectivity index (χ4n) is 1.69. The average molecular weight is 253 g/mol. The van der Waals surface area contributed by atoms with E-state index in [-0.39, 0.29) is 24.4 Å². The van der Waals surface area contributed by atoms with Crippen molar-refractivity contribution in [3.05, 3.63) is 29.6 Å². The van der Waals surface area contributed by atoms with Crippen LogP contribution >= 0.6 is 0 Å². The number of hydrogen-bond donors (Lipinski definition) is 1. The Morgan fingerprint density at radius 2 is 2.22 bits per heavy atom. The third-order valence-electron chi connectivity index (χ3n) is 2.64. The molecule has 1 aromatic carbocycles. The molecule has 4 heteroatoms. The maximum absolute atomic E-state index is 13.0. The third-order valence-corrected chi connectivity index (χ3v) is 2.64. The van der Waals surface area contributed by atoms with Gasteiger partial charge in [0.1, 0.15) is 11.6 Å². The van der Waals surface area contributed by atoms with E-state index in [9.17, 15) is 9.18 Å². The minimum Gasteiger partial charge on any atom is -0.483 e. The molecule has 1 amide bonds. The molecule has 0 aliphatic carbocycles. The molecule has 0 aromatic heterocycles. The van der Waals surface area contributed by atoms with Crippen LogP contribution in [0.5, 0.6) is 5.75 Å². The van der Waals surface area contributed by atoms with Crippen molar-refractivity contribution in [3.8, 4) is 5.75 Å². The van der Waals surface area contributed by atoms with E-state index in [0.717, 1.165) is 18.4 Å². The maximum Gasteiger partial charge on any atom is 0.258 e. The molecule has 1 unspecified atom stereocenters. The minimum atomic E-state index is -0.365. The summed E-state index contributed by atoms with van der Waals surface area (Å²) in [7, 11) is 0. The number of aryl methyl sites for hydroxylation is 1. The molecule has 0 aliphatic heterocycles. The fourth-order valence-corrected chi connectivity index (χ4v) is 1.69. The second-order valence-corrected chi connectivity index (χ2v) is 4.46. The van der Waals surface area contributed by atoms with E-state index in [1.807, 2.05) is 13.8 Å². The average Bonchev–Trinajstić information content (AvgIpc) is 2.30. The molecule has 0 saturated carbocycles. The SMILES string of the molecule is CCCC(C)NC(=O)COc1cc(F)ccc1C. The molecule has 100 valence electrons. The predicted molar refractivity (Wildman–Crippen MR) is 69.1 cm³/mol. The Bertz CT molecular complexity index is 407. The summed E-state index contributed by atoms with van der Waals surface area (Å²) >= 11 is 0. The van der Waals surface area contributed by atoms with Gasteiger partial charge in [-0.3, -0.25) is 4.79 Å². The zero-order chi connectivity index (χ0) is 13.5. The Kier molecular flexibility index (Phi) is 5.62. The number of carbonyl (C=O) groups excluding carboxylic acids is 1. The van der Waals surface area contributed by atoms with E-state index in [2.05, 4.69) is 12.2 Å². The Balaban J connectivity index is 2.45.